The Kier molecular flexibility index (Phi) is 3.04. The lowest BCUT2D eigenvalue weighted by Gasteiger charge is -2.21. The van der Waals surface area contributed by atoms with Crippen molar-refractivity contribution < 1.29 is 15.0 Å². The molecule has 1 rings (SSSR count). The molecule has 1 aromatic rings. The van der Waals surface area contributed by atoms with Crippen molar-refractivity contribution in [2.45, 2.75) is 12.0 Å². The molecule has 0 bridgehead atoms. The highest BCUT2D eigenvalue weighted by atomic mass is 16.4. The fourth-order valence-corrected chi connectivity index (χ4v) is 1.25. The van der Waals surface area contributed by atoms with Crippen LogP contribution in [0.4, 0.5) is 0 Å². The van der Waals surface area contributed by atoms with Gasteiger partial charge in [0.15, 0.2) is 5.60 Å². The second-order valence-corrected chi connectivity index (χ2v) is 3.02. The summed E-state index contributed by atoms with van der Waals surface area (Å²) in [4.78, 5) is 10.9. The summed E-state index contributed by atoms with van der Waals surface area (Å²) in [6.45, 7) is 3.43. The molecule has 0 radical (unpaired) electrons. The molecule has 0 saturated heterocycles. The minimum Gasteiger partial charge on any atom is -0.479 e. The summed E-state index contributed by atoms with van der Waals surface area (Å²) in [6.07, 6.45) is 1.38. The fraction of sp³-hybridized carbons (Fsp3) is 0.182. The maximum atomic E-state index is 10.9. The van der Waals surface area contributed by atoms with E-state index in [4.69, 9.17) is 5.11 Å². The number of hydrogen-bond donors (Lipinski definition) is 2. The zero-order chi connectivity index (χ0) is 10.6. The van der Waals surface area contributed by atoms with Gasteiger partial charge in [-0.3, -0.25) is 0 Å². The molecule has 0 fully saturated rings. The largest absolute Gasteiger partial charge is 0.479 e. The van der Waals surface area contributed by atoms with Gasteiger partial charge >= 0.3 is 5.97 Å². The highest BCUT2D eigenvalue weighted by molar-refractivity contribution is 5.79. The van der Waals surface area contributed by atoms with Gasteiger partial charge in [-0.2, -0.15) is 0 Å². The van der Waals surface area contributed by atoms with E-state index in [2.05, 4.69) is 6.58 Å². The van der Waals surface area contributed by atoms with Gasteiger partial charge in [0.05, 0.1) is 0 Å². The molecule has 0 saturated carbocycles. The minimum absolute atomic E-state index is 0.00759. The molecule has 0 aliphatic carbocycles. The summed E-state index contributed by atoms with van der Waals surface area (Å²) in [5, 5.41) is 18.8. The van der Waals surface area contributed by atoms with Crippen LogP contribution >= 0.6 is 0 Å². The Morgan fingerprint density at radius 2 is 2.00 bits per heavy atom. The van der Waals surface area contributed by atoms with Gasteiger partial charge in [0.2, 0.25) is 0 Å². The molecule has 0 heterocycles. The smallest absolute Gasteiger partial charge is 0.340 e. The van der Waals surface area contributed by atoms with E-state index in [9.17, 15) is 9.90 Å². The van der Waals surface area contributed by atoms with E-state index in [0.29, 0.717) is 5.56 Å². The molecule has 1 atom stereocenters. The van der Waals surface area contributed by atoms with Crippen LogP contribution in [0.2, 0.25) is 0 Å². The highest BCUT2D eigenvalue weighted by Crippen LogP contribution is 2.25. The van der Waals surface area contributed by atoms with E-state index in [1.807, 2.05) is 0 Å². The maximum Gasteiger partial charge on any atom is 0.340 e. The molecule has 0 aliphatic rings. The number of carbonyl (C=O) groups is 1. The number of rotatable bonds is 4. The van der Waals surface area contributed by atoms with Crippen molar-refractivity contribution in [3.05, 3.63) is 48.6 Å². The van der Waals surface area contributed by atoms with E-state index in [1.165, 1.54) is 6.08 Å². The Hall–Kier alpha value is -1.61. The second-order valence-electron chi connectivity index (χ2n) is 3.02. The summed E-state index contributed by atoms with van der Waals surface area (Å²) in [6, 6.07) is 8.30. The molecule has 2 N–H and O–H groups in total. The molecule has 0 spiro atoms. The first-order chi connectivity index (χ1) is 6.61. The van der Waals surface area contributed by atoms with Gasteiger partial charge in [-0.05, 0) is 5.56 Å². The molecule has 74 valence electrons. The Labute approximate surface area is 82.3 Å². The highest BCUT2D eigenvalue weighted by Gasteiger charge is 2.36. The molecular formula is C11H12O3. The number of benzene rings is 1. The molecular weight excluding hydrogens is 180 g/mol. The van der Waals surface area contributed by atoms with Crippen LogP contribution in [-0.2, 0) is 10.4 Å². The van der Waals surface area contributed by atoms with Crippen molar-refractivity contribution in [3.63, 3.8) is 0 Å². The third kappa shape index (κ3) is 1.83. The first-order valence-electron chi connectivity index (χ1n) is 4.23. The lowest BCUT2D eigenvalue weighted by Crippen LogP contribution is -2.34. The standard InChI is InChI=1S/C11H12O3/c1-2-8-11(14,10(12)13)9-6-4-3-5-7-9/h2-7,14H,1,8H2,(H,12,13). The minimum atomic E-state index is -1.86. The average Bonchev–Trinajstić information content (AvgIpc) is 2.19. The van der Waals surface area contributed by atoms with Crippen LogP contribution in [0.3, 0.4) is 0 Å². The number of carboxylic acid groups (broad SMARTS) is 1. The fourth-order valence-electron chi connectivity index (χ4n) is 1.25. The van der Waals surface area contributed by atoms with Crippen LogP contribution in [0.15, 0.2) is 43.0 Å². The van der Waals surface area contributed by atoms with Gasteiger partial charge in [0, 0.05) is 6.42 Å². The lowest BCUT2D eigenvalue weighted by molar-refractivity contribution is -0.159. The molecule has 1 unspecified atom stereocenters. The zero-order valence-corrected chi connectivity index (χ0v) is 7.68. The van der Waals surface area contributed by atoms with Gasteiger partial charge in [0.1, 0.15) is 0 Å². The SMILES string of the molecule is C=CCC(O)(C(=O)O)c1ccccc1. The number of aliphatic hydroxyl groups is 1. The third-order valence-electron chi connectivity index (χ3n) is 2.04. The normalized spacial score (nSPS) is 14.4. The molecule has 0 aliphatic heterocycles. The van der Waals surface area contributed by atoms with Gasteiger partial charge < -0.3 is 10.2 Å². The van der Waals surface area contributed by atoms with E-state index in [-0.39, 0.29) is 6.42 Å². The maximum absolute atomic E-state index is 10.9. The molecule has 3 heteroatoms. The first-order valence-corrected chi connectivity index (χ1v) is 4.23. The molecule has 14 heavy (non-hydrogen) atoms. The Bertz CT molecular complexity index is 332. The van der Waals surface area contributed by atoms with Crippen molar-refractivity contribution >= 4 is 5.97 Å². The zero-order valence-electron chi connectivity index (χ0n) is 7.68. The van der Waals surface area contributed by atoms with Crippen molar-refractivity contribution in [1.82, 2.24) is 0 Å². The summed E-state index contributed by atoms with van der Waals surface area (Å²) < 4.78 is 0. The van der Waals surface area contributed by atoms with E-state index in [1.54, 1.807) is 30.3 Å². The molecule has 3 nitrogen and oxygen atoms in total. The summed E-state index contributed by atoms with van der Waals surface area (Å²) in [5.74, 6) is -1.26. The molecule has 0 aromatic heterocycles. The van der Waals surface area contributed by atoms with Gasteiger partial charge in [-0.15, -0.1) is 6.58 Å². The molecule has 0 amide bonds. The van der Waals surface area contributed by atoms with Crippen LogP contribution in [0, 0.1) is 0 Å². The van der Waals surface area contributed by atoms with Crippen molar-refractivity contribution in [1.29, 1.82) is 0 Å². The first kappa shape index (κ1) is 10.5. The summed E-state index contributed by atoms with van der Waals surface area (Å²) in [5.41, 5.74) is -1.49. The van der Waals surface area contributed by atoms with Crippen LogP contribution < -0.4 is 0 Å². The second kappa shape index (κ2) is 4.07. The topological polar surface area (TPSA) is 57.5 Å². The summed E-state index contributed by atoms with van der Waals surface area (Å²) in [7, 11) is 0. The van der Waals surface area contributed by atoms with Crippen LogP contribution in [0.1, 0.15) is 12.0 Å². The lowest BCUT2D eigenvalue weighted by atomic mass is 9.91. The average molecular weight is 192 g/mol. The van der Waals surface area contributed by atoms with E-state index in [0.717, 1.165) is 0 Å². The quantitative estimate of drug-likeness (QED) is 0.711. The van der Waals surface area contributed by atoms with E-state index >= 15 is 0 Å². The monoisotopic (exact) mass is 192 g/mol. The predicted molar refractivity (Wildman–Crippen MR) is 52.8 cm³/mol. The Balaban J connectivity index is 3.12. The Morgan fingerprint density at radius 3 is 2.43 bits per heavy atom. The summed E-state index contributed by atoms with van der Waals surface area (Å²) >= 11 is 0. The Morgan fingerprint density at radius 1 is 1.43 bits per heavy atom. The number of aliphatic carboxylic acids is 1. The van der Waals surface area contributed by atoms with Gasteiger partial charge in [-0.1, -0.05) is 36.4 Å². The number of hydrogen-bond acceptors (Lipinski definition) is 2. The molecule has 1 aromatic carbocycles. The van der Waals surface area contributed by atoms with Crippen molar-refractivity contribution in [3.8, 4) is 0 Å². The van der Waals surface area contributed by atoms with Gasteiger partial charge in [-0.25, -0.2) is 4.79 Å². The van der Waals surface area contributed by atoms with Crippen molar-refractivity contribution in [2.24, 2.45) is 0 Å². The number of carboxylic acids is 1. The van der Waals surface area contributed by atoms with E-state index < -0.39 is 11.6 Å². The van der Waals surface area contributed by atoms with Crippen molar-refractivity contribution in [2.75, 3.05) is 0 Å². The van der Waals surface area contributed by atoms with Crippen LogP contribution in [0.25, 0.3) is 0 Å². The van der Waals surface area contributed by atoms with Gasteiger partial charge in [0.25, 0.3) is 0 Å². The third-order valence-corrected chi connectivity index (χ3v) is 2.04. The predicted octanol–water partition coefficient (Wildman–Crippen LogP) is 1.53. The van der Waals surface area contributed by atoms with Crippen LogP contribution in [0.5, 0.6) is 0 Å². The van der Waals surface area contributed by atoms with Crippen LogP contribution in [-0.4, -0.2) is 16.2 Å².